The maximum atomic E-state index is 12.7. The van der Waals surface area contributed by atoms with Crippen molar-refractivity contribution in [3.05, 3.63) is 58.1 Å². The molecule has 0 bridgehead atoms. The van der Waals surface area contributed by atoms with Crippen LogP contribution in [0.3, 0.4) is 0 Å². The normalized spacial score (nSPS) is 11.5. The molecule has 0 unspecified atom stereocenters. The molecule has 0 radical (unpaired) electrons. The second kappa shape index (κ2) is 6.99. The highest BCUT2D eigenvalue weighted by molar-refractivity contribution is 6.00. The van der Waals surface area contributed by atoms with E-state index < -0.39 is 10.3 Å². The third-order valence-electron chi connectivity index (χ3n) is 4.66. The number of benzene rings is 2. The molecule has 0 aliphatic heterocycles. The number of nitro groups is 1. The van der Waals surface area contributed by atoms with Gasteiger partial charge < -0.3 is 10.1 Å². The van der Waals surface area contributed by atoms with Gasteiger partial charge in [0.15, 0.2) is 0 Å². The molecule has 146 valence electrons. The van der Waals surface area contributed by atoms with Crippen molar-refractivity contribution in [3.63, 3.8) is 0 Å². The average molecular weight is 381 g/mol. The number of rotatable bonds is 4. The molecule has 28 heavy (non-hydrogen) atoms. The van der Waals surface area contributed by atoms with E-state index in [0.717, 1.165) is 22.2 Å². The first-order chi connectivity index (χ1) is 13.1. The summed E-state index contributed by atoms with van der Waals surface area (Å²) in [5, 5.41) is 14.9. The predicted octanol–water partition coefficient (Wildman–Crippen LogP) is 4.84. The largest absolute Gasteiger partial charge is 0.497 e. The minimum atomic E-state index is -0.569. The van der Waals surface area contributed by atoms with Crippen molar-refractivity contribution in [3.8, 4) is 11.4 Å². The molecule has 7 heteroatoms. The quantitative estimate of drug-likeness (QED) is 0.517. The third kappa shape index (κ3) is 3.43. The summed E-state index contributed by atoms with van der Waals surface area (Å²) in [6.45, 7) is 7.47. The zero-order chi connectivity index (χ0) is 20.6. The number of carbonyl (C=O) groups is 1. The Morgan fingerprint density at radius 2 is 1.79 bits per heavy atom. The Morgan fingerprint density at radius 3 is 2.32 bits per heavy atom. The Labute approximate surface area is 163 Å². The number of nitrogens with one attached hydrogen (secondary N) is 1. The van der Waals surface area contributed by atoms with Gasteiger partial charge in [-0.15, -0.1) is 0 Å². The number of aryl methyl sites for hydroxylation is 1. The van der Waals surface area contributed by atoms with Gasteiger partial charge in [-0.25, -0.2) is 0 Å². The van der Waals surface area contributed by atoms with Crippen molar-refractivity contribution in [1.82, 2.24) is 4.57 Å². The van der Waals surface area contributed by atoms with E-state index in [1.54, 1.807) is 19.2 Å². The Kier molecular flexibility index (Phi) is 4.85. The summed E-state index contributed by atoms with van der Waals surface area (Å²) < 4.78 is 7.24. The van der Waals surface area contributed by atoms with Gasteiger partial charge in [0.2, 0.25) is 5.91 Å². The van der Waals surface area contributed by atoms with Crippen LogP contribution in [-0.2, 0) is 4.79 Å². The standard InChI is InChI=1S/C21H23N3O4/c1-13-17-12-16(28-5)10-11-18(17)23(19(13)22-20(25)21(2,3)4)14-6-8-15(9-7-14)24(26)27/h6-12H,1-5H3,(H,22,25). The molecule has 1 amide bonds. The number of ether oxygens (including phenoxy) is 1. The number of amides is 1. The van der Waals surface area contributed by atoms with E-state index in [1.807, 2.05) is 50.5 Å². The number of hydrogen-bond acceptors (Lipinski definition) is 4. The van der Waals surface area contributed by atoms with E-state index in [-0.39, 0.29) is 11.6 Å². The van der Waals surface area contributed by atoms with Gasteiger partial charge in [-0.05, 0) is 42.8 Å². The molecular weight excluding hydrogens is 358 g/mol. The van der Waals surface area contributed by atoms with Crippen LogP contribution in [0.2, 0.25) is 0 Å². The van der Waals surface area contributed by atoms with Crippen LogP contribution in [0.1, 0.15) is 26.3 Å². The molecule has 2 aromatic carbocycles. The molecule has 3 rings (SSSR count). The molecule has 0 aliphatic rings. The number of fused-ring (bicyclic) bond motifs is 1. The molecule has 0 atom stereocenters. The lowest BCUT2D eigenvalue weighted by Gasteiger charge is -2.20. The van der Waals surface area contributed by atoms with Crippen LogP contribution in [0.15, 0.2) is 42.5 Å². The zero-order valence-electron chi connectivity index (χ0n) is 16.6. The van der Waals surface area contributed by atoms with Crippen LogP contribution in [0, 0.1) is 22.5 Å². The fourth-order valence-corrected chi connectivity index (χ4v) is 2.99. The smallest absolute Gasteiger partial charge is 0.269 e. The average Bonchev–Trinajstić information content (AvgIpc) is 2.92. The second-order valence-electron chi connectivity index (χ2n) is 7.67. The van der Waals surface area contributed by atoms with Crippen LogP contribution >= 0.6 is 0 Å². The Morgan fingerprint density at radius 1 is 1.14 bits per heavy atom. The van der Waals surface area contributed by atoms with E-state index in [0.29, 0.717) is 11.6 Å². The molecule has 0 aliphatic carbocycles. The summed E-state index contributed by atoms with van der Waals surface area (Å²) >= 11 is 0. The van der Waals surface area contributed by atoms with Crippen LogP contribution in [0.25, 0.3) is 16.6 Å². The Hall–Kier alpha value is -3.35. The van der Waals surface area contributed by atoms with Crippen molar-refractivity contribution in [2.24, 2.45) is 5.41 Å². The second-order valence-corrected chi connectivity index (χ2v) is 7.67. The number of hydrogen-bond donors (Lipinski definition) is 1. The number of nitro benzene ring substituents is 1. The minimum absolute atomic E-state index is 0.0129. The maximum absolute atomic E-state index is 12.7. The van der Waals surface area contributed by atoms with Crippen molar-refractivity contribution in [2.45, 2.75) is 27.7 Å². The van der Waals surface area contributed by atoms with Gasteiger partial charge in [-0.3, -0.25) is 19.5 Å². The van der Waals surface area contributed by atoms with Crippen molar-refractivity contribution < 1.29 is 14.5 Å². The highest BCUT2D eigenvalue weighted by Gasteiger charge is 2.25. The van der Waals surface area contributed by atoms with Crippen molar-refractivity contribution in [2.75, 3.05) is 12.4 Å². The summed E-state index contributed by atoms with van der Waals surface area (Å²) in [4.78, 5) is 23.2. The fourth-order valence-electron chi connectivity index (χ4n) is 2.99. The number of nitrogens with zero attached hydrogens (tertiary/aromatic N) is 2. The molecule has 0 saturated carbocycles. The lowest BCUT2D eigenvalue weighted by Crippen LogP contribution is -2.28. The monoisotopic (exact) mass is 381 g/mol. The van der Waals surface area contributed by atoms with Crippen LogP contribution < -0.4 is 10.1 Å². The summed E-state index contributed by atoms with van der Waals surface area (Å²) in [5.41, 5.74) is 1.93. The van der Waals surface area contributed by atoms with Crippen LogP contribution in [0.5, 0.6) is 5.75 Å². The third-order valence-corrected chi connectivity index (χ3v) is 4.66. The van der Waals surface area contributed by atoms with Gasteiger partial charge in [-0.1, -0.05) is 20.8 Å². The number of non-ortho nitro benzene ring substituents is 1. The Balaban J connectivity index is 2.24. The summed E-state index contributed by atoms with van der Waals surface area (Å²) in [7, 11) is 1.60. The van der Waals surface area contributed by atoms with Gasteiger partial charge in [0.05, 0.1) is 17.5 Å². The molecule has 1 heterocycles. The zero-order valence-corrected chi connectivity index (χ0v) is 16.6. The van der Waals surface area contributed by atoms with Crippen molar-refractivity contribution in [1.29, 1.82) is 0 Å². The molecule has 0 spiro atoms. The number of carbonyl (C=O) groups excluding carboxylic acids is 1. The van der Waals surface area contributed by atoms with Gasteiger partial charge >= 0.3 is 0 Å². The Bertz CT molecular complexity index is 1060. The summed E-state index contributed by atoms with van der Waals surface area (Å²) in [5.74, 6) is 1.23. The fraction of sp³-hybridized carbons (Fsp3) is 0.286. The van der Waals surface area contributed by atoms with Gasteiger partial charge in [0.25, 0.3) is 5.69 Å². The van der Waals surface area contributed by atoms with E-state index in [9.17, 15) is 14.9 Å². The van der Waals surface area contributed by atoms with Gasteiger partial charge in [-0.2, -0.15) is 0 Å². The SMILES string of the molecule is COc1ccc2c(c1)c(C)c(NC(=O)C(C)(C)C)n2-c1ccc([N+](=O)[O-])cc1. The molecule has 7 nitrogen and oxygen atoms in total. The molecule has 3 aromatic rings. The molecule has 1 aromatic heterocycles. The van der Waals surface area contributed by atoms with Crippen LogP contribution in [-0.4, -0.2) is 22.5 Å². The first-order valence-corrected chi connectivity index (χ1v) is 8.89. The predicted molar refractivity (Wildman–Crippen MR) is 109 cm³/mol. The van der Waals surface area contributed by atoms with Gasteiger partial charge in [0, 0.05) is 28.6 Å². The molecule has 0 fully saturated rings. The lowest BCUT2D eigenvalue weighted by atomic mass is 9.96. The lowest BCUT2D eigenvalue weighted by molar-refractivity contribution is -0.384. The highest BCUT2D eigenvalue weighted by atomic mass is 16.6. The molecule has 0 saturated heterocycles. The molecular formula is C21H23N3O4. The number of aromatic nitrogens is 1. The van der Waals surface area contributed by atoms with Crippen molar-refractivity contribution >= 4 is 28.3 Å². The topological polar surface area (TPSA) is 86.4 Å². The highest BCUT2D eigenvalue weighted by Crippen LogP contribution is 2.36. The molecule has 1 N–H and O–H groups in total. The maximum Gasteiger partial charge on any atom is 0.269 e. The van der Waals surface area contributed by atoms with Gasteiger partial charge in [0.1, 0.15) is 11.6 Å². The number of methoxy groups -OCH3 is 1. The summed E-state index contributed by atoms with van der Waals surface area (Å²) in [6, 6.07) is 11.9. The minimum Gasteiger partial charge on any atom is -0.497 e. The van der Waals surface area contributed by atoms with E-state index in [1.165, 1.54) is 12.1 Å². The first-order valence-electron chi connectivity index (χ1n) is 8.89. The van der Waals surface area contributed by atoms with E-state index in [2.05, 4.69) is 5.32 Å². The first kappa shape index (κ1) is 19.4. The van der Waals surface area contributed by atoms with E-state index >= 15 is 0 Å². The van der Waals surface area contributed by atoms with Crippen LogP contribution in [0.4, 0.5) is 11.5 Å². The number of anilines is 1. The van der Waals surface area contributed by atoms with E-state index in [4.69, 9.17) is 4.74 Å². The summed E-state index contributed by atoms with van der Waals surface area (Å²) in [6.07, 6.45) is 0.